The predicted octanol–water partition coefficient (Wildman–Crippen LogP) is 1.85. The van der Waals surface area contributed by atoms with Gasteiger partial charge in [-0.05, 0) is 33.6 Å². The summed E-state index contributed by atoms with van der Waals surface area (Å²) in [5.41, 5.74) is 2.86. The van der Waals surface area contributed by atoms with Crippen molar-refractivity contribution >= 4 is 5.91 Å². The molecule has 1 saturated heterocycles. The number of hydrogen-bond acceptors (Lipinski definition) is 4. The normalized spacial score (nSPS) is 28.0. The first kappa shape index (κ1) is 16.1. The summed E-state index contributed by atoms with van der Waals surface area (Å²) in [6.07, 6.45) is 3.55. The Kier molecular flexibility index (Phi) is 4.12. The largest absolute Gasteiger partial charge is 0.369 e. The molecule has 2 aliphatic heterocycles. The van der Waals surface area contributed by atoms with Crippen LogP contribution < -0.4 is 0 Å². The minimum Gasteiger partial charge on any atom is -0.369 e. The van der Waals surface area contributed by atoms with Crippen LogP contribution >= 0.6 is 0 Å². The van der Waals surface area contributed by atoms with E-state index < -0.39 is 0 Å². The van der Waals surface area contributed by atoms with Crippen LogP contribution in [0.3, 0.4) is 0 Å². The zero-order valence-corrected chi connectivity index (χ0v) is 15.0. The molecule has 0 spiro atoms. The summed E-state index contributed by atoms with van der Waals surface area (Å²) in [7, 11) is 0. The lowest BCUT2D eigenvalue weighted by Gasteiger charge is -2.35. The van der Waals surface area contributed by atoms with Gasteiger partial charge < -0.3 is 9.64 Å². The summed E-state index contributed by atoms with van der Waals surface area (Å²) in [6, 6.07) is 0.787. The summed E-state index contributed by atoms with van der Waals surface area (Å²) in [6.45, 7) is 10.6. The molecule has 3 aliphatic rings. The molecule has 1 saturated carbocycles. The summed E-state index contributed by atoms with van der Waals surface area (Å²) in [5, 5.41) is 4.69. The highest BCUT2D eigenvalue weighted by Gasteiger charge is 2.36. The highest BCUT2D eigenvalue weighted by molar-refractivity contribution is 5.94. The molecular weight excluding hydrogens is 304 g/mol. The van der Waals surface area contributed by atoms with E-state index in [1.165, 1.54) is 12.8 Å². The van der Waals surface area contributed by atoms with Crippen LogP contribution in [-0.4, -0.2) is 63.8 Å². The molecule has 24 heavy (non-hydrogen) atoms. The van der Waals surface area contributed by atoms with E-state index in [0.29, 0.717) is 0 Å². The Labute approximate surface area is 143 Å². The fraction of sp³-hybridized carbons (Fsp3) is 0.778. The number of amides is 1. The van der Waals surface area contributed by atoms with Crippen molar-refractivity contribution in [2.75, 3.05) is 26.2 Å². The molecule has 0 unspecified atom stereocenters. The average molecular weight is 332 g/mol. The van der Waals surface area contributed by atoms with Gasteiger partial charge >= 0.3 is 0 Å². The smallest absolute Gasteiger partial charge is 0.272 e. The molecule has 1 amide bonds. The summed E-state index contributed by atoms with van der Waals surface area (Å²) in [5.74, 6) is 0.155. The Morgan fingerprint density at radius 3 is 2.54 bits per heavy atom. The number of aromatic nitrogens is 2. The van der Waals surface area contributed by atoms with Crippen LogP contribution in [0.15, 0.2) is 0 Å². The molecule has 1 aromatic heterocycles. The van der Waals surface area contributed by atoms with E-state index in [4.69, 9.17) is 4.74 Å². The highest BCUT2D eigenvalue weighted by atomic mass is 16.5. The van der Waals surface area contributed by atoms with Crippen LogP contribution in [0.1, 0.15) is 61.5 Å². The maximum atomic E-state index is 13.2. The maximum Gasteiger partial charge on any atom is 0.272 e. The number of carbonyl (C=O) groups is 1. The topological polar surface area (TPSA) is 50.6 Å². The summed E-state index contributed by atoms with van der Waals surface area (Å²) in [4.78, 5) is 17.8. The van der Waals surface area contributed by atoms with Crippen LogP contribution in [0.25, 0.3) is 0 Å². The number of carbonyl (C=O) groups excluding carboxylic acids is 1. The molecule has 1 aromatic rings. The predicted molar refractivity (Wildman–Crippen MR) is 91.1 cm³/mol. The van der Waals surface area contributed by atoms with Crippen LogP contribution in [-0.2, 0) is 17.7 Å². The van der Waals surface area contributed by atoms with E-state index in [1.54, 1.807) is 0 Å². The first-order valence-electron chi connectivity index (χ1n) is 9.36. The van der Waals surface area contributed by atoms with Gasteiger partial charge in [0.2, 0.25) is 0 Å². The van der Waals surface area contributed by atoms with Crippen molar-refractivity contribution in [3.63, 3.8) is 0 Å². The minimum absolute atomic E-state index is 0.0326. The Morgan fingerprint density at radius 1 is 1.21 bits per heavy atom. The van der Waals surface area contributed by atoms with Crippen molar-refractivity contribution in [3.8, 4) is 0 Å². The fourth-order valence-corrected chi connectivity index (χ4v) is 4.14. The van der Waals surface area contributed by atoms with E-state index in [2.05, 4.69) is 23.8 Å². The quantitative estimate of drug-likeness (QED) is 0.848. The number of fused-ring (bicyclic) bond motifs is 1. The molecule has 0 bridgehead atoms. The van der Waals surface area contributed by atoms with Crippen molar-refractivity contribution in [2.24, 2.45) is 0 Å². The van der Waals surface area contributed by atoms with Crippen LogP contribution in [0, 0.1) is 0 Å². The number of piperazine rings is 1. The molecule has 132 valence electrons. The molecule has 2 atom stereocenters. The Balaban J connectivity index is 1.57. The highest BCUT2D eigenvalue weighted by Crippen LogP contribution is 2.32. The maximum absolute atomic E-state index is 13.2. The van der Waals surface area contributed by atoms with E-state index in [0.717, 1.165) is 62.1 Å². The SMILES string of the molecule is CCn1nc2c(c1C(=O)N1CCN(C3CC3)CC1)C[C@H](C)O[C@@H]2C. The zero-order chi connectivity index (χ0) is 16.8. The van der Waals surface area contributed by atoms with E-state index in [-0.39, 0.29) is 18.1 Å². The lowest BCUT2D eigenvalue weighted by atomic mass is 9.99. The van der Waals surface area contributed by atoms with Gasteiger partial charge in [-0.15, -0.1) is 0 Å². The van der Waals surface area contributed by atoms with Crippen molar-refractivity contribution in [1.82, 2.24) is 19.6 Å². The molecule has 2 fully saturated rings. The molecule has 6 heteroatoms. The number of aryl methyl sites for hydroxylation is 1. The standard InChI is InChI=1S/C18H28N4O2/c1-4-22-17(15-11-12(2)24-13(3)16(15)19-22)18(23)21-9-7-20(8-10-21)14-5-6-14/h12-14H,4-11H2,1-3H3/t12-,13+/m0/s1. The van der Waals surface area contributed by atoms with Gasteiger partial charge in [-0.3, -0.25) is 14.4 Å². The first-order chi connectivity index (χ1) is 11.6. The van der Waals surface area contributed by atoms with Gasteiger partial charge in [0.15, 0.2) is 0 Å². The van der Waals surface area contributed by atoms with Gasteiger partial charge in [-0.2, -0.15) is 5.10 Å². The molecular formula is C18H28N4O2. The van der Waals surface area contributed by atoms with E-state index in [1.807, 2.05) is 16.5 Å². The van der Waals surface area contributed by atoms with Crippen LogP contribution in [0.5, 0.6) is 0 Å². The second-order valence-corrected chi connectivity index (χ2v) is 7.38. The minimum atomic E-state index is -0.0326. The number of rotatable bonds is 3. The third kappa shape index (κ3) is 2.75. The van der Waals surface area contributed by atoms with Crippen molar-refractivity contribution < 1.29 is 9.53 Å². The van der Waals surface area contributed by atoms with Crippen molar-refractivity contribution in [2.45, 2.75) is 64.8 Å². The van der Waals surface area contributed by atoms with Gasteiger partial charge in [-0.25, -0.2) is 0 Å². The molecule has 0 aromatic carbocycles. The Morgan fingerprint density at radius 2 is 1.92 bits per heavy atom. The lowest BCUT2D eigenvalue weighted by molar-refractivity contribution is -0.00718. The van der Waals surface area contributed by atoms with Crippen molar-refractivity contribution in [1.29, 1.82) is 0 Å². The van der Waals surface area contributed by atoms with Gasteiger partial charge in [0.05, 0.1) is 17.9 Å². The third-order valence-corrected chi connectivity index (χ3v) is 5.56. The van der Waals surface area contributed by atoms with Crippen LogP contribution in [0.4, 0.5) is 0 Å². The number of nitrogens with zero attached hydrogens (tertiary/aromatic N) is 4. The third-order valence-electron chi connectivity index (χ3n) is 5.56. The van der Waals surface area contributed by atoms with E-state index in [9.17, 15) is 4.79 Å². The molecule has 1 aliphatic carbocycles. The number of ether oxygens (including phenoxy) is 1. The molecule has 3 heterocycles. The zero-order valence-electron chi connectivity index (χ0n) is 15.0. The Hall–Kier alpha value is -1.40. The van der Waals surface area contributed by atoms with Gasteiger partial charge in [-0.1, -0.05) is 0 Å². The number of hydrogen-bond donors (Lipinski definition) is 0. The monoisotopic (exact) mass is 332 g/mol. The van der Waals surface area contributed by atoms with Crippen LogP contribution in [0.2, 0.25) is 0 Å². The van der Waals surface area contributed by atoms with Gasteiger partial charge in [0.25, 0.3) is 5.91 Å². The average Bonchev–Trinajstić information content (AvgIpc) is 3.35. The second kappa shape index (κ2) is 6.15. The summed E-state index contributed by atoms with van der Waals surface area (Å²) < 4.78 is 7.78. The first-order valence-corrected chi connectivity index (χ1v) is 9.36. The van der Waals surface area contributed by atoms with E-state index >= 15 is 0 Å². The fourth-order valence-electron chi connectivity index (χ4n) is 4.14. The summed E-state index contributed by atoms with van der Waals surface area (Å²) >= 11 is 0. The Bertz CT molecular complexity index is 629. The van der Waals surface area contributed by atoms with Gasteiger partial charge in [0.1, 0.15) is 5.69 Å². The van der Waals surface area contributed by atoms with Crippen molar-refractivity contribution in [3.05, 3.63) is 17.0 Å². The molecule has 4 rings (SSSR count). The molecule has 0 radical (unpaired) electrons. The second-order valence-electron chi connectivity index (χ2n) is 7.38. The molecule has 0 N–H and O–H groups in total. The molecule has 6 nitrogen and oxygen atoms in total. The van der Waals surface area contributed by atoms with Gasteiger partial charge in [0, 0.05) is 50.7 Å². The lowest BCUT2D eigenvalue weighted by Crippen LogP contribution is -2.49.